The molecule has 33 heavy (non-hydrogen) atoms. The first kappa shape index (κ1) is 20.8. The molecule has 0 saturated carbocycles. The minimum absolute atomic E-state index is 0.180. The van der Waals surface area contributed by atoms with Gasteiger partial charge in [-0.2, -0.15) is 0 Å². The average molecular weight is 435 g/mol. The monoisotopic (exact) mass is 434 g/mol. The number of carbonyl (C=O) groups excluding carboxylic acids is 1. The van der Waals surface area contributed by atoms with Crippen LogP contribution in [-0.2, 0) is 19.4 Å². The second kappa shape index (κ2) is 8.47. The third-order valence-corrected chi connectivity index (χ3v) is 6.29. The van der Waals surface area contributed by atoms with E-state index in [0.717, 1.165) is 35.0 Å². The smallest absolute Gasteiger partial charge is 0.249 e. The Labute approximate surface area is 192 Å². The Kier molecular flexibility index (Phi) is 5.35. The summed E-state index contributed by atoms with van der Waals surface area (Å²) in [6, 6.07) is 28.5. The number of hydrogen-bond acceptors (Lipinski definition) is 2. The Balaban J connectivity index is 1.66. The van der Waals surface area contributed by atoms with Gasteiger partial charge in [-0.15, -0.1) is 0 Å². The van der Waals surface area contributed by atoms with Crippen LogP contribution in [0.4, 0.5) is 0 Å². The molecule has 1 heterocycles. The van der Waals surface area contributed by atoms with Gasteiger partial charge in [0, 0.05) is 17.5 Å². The summed E-state index contributed by atoms with van der Waals surface area (Å²) in [6.45, 7) is 2.69. The normalized spacial score (nSPS) is 11.3. The maximum absolute atomic E-state index is 12.2. The first-order chi connectivity index (χ1) is 16.0. The van der Waals surface area contributed by atoms with Crippen LogP contribution < -0.4 is 5.73 Å². The van der Waals surface area contributed by atoms with Gasteiger partial charge in [0.2, 0.25) is 5.91 Å². The van der Waals surface area contributed by atoms with Gasteiger partial charge in [0.25, 0.3) is 0 Å². The van der Waals surface area contributed by atoms with Crippen LogP contribution in [0, 0.1) is 0 Å². The van der Waals surface area contributed by atoms with Crippen molar-refractivity contribution < 1.29 is 9.90 Å². The molecule has 0 atom stereocenters. The molecular formula is C29H26N2O2. The van der Waals surface area contributed by atoms with Crippen LogP contribution in [0.25, 0.3) is 21.8 Å². The number of nitrogens with zero attached hydrogens (tertiary/aromatic N) is 1. The molecule has 0 unspecified atom stereocenters. The predicted octanol–water partition coefficient (Wildman–Crippen LogP) is 5.80. The molecule has 1 aromatic heterocycles. The lowest BCUT2D eigenvalue weighted by atomic mass is 10.0. The van der Waals surface area contributed by atoms with Gasteiger partial charge in [0.05, 0.1) is 16.4 Å². The summed E-state index contributed by atoms with van der Waals surface area (Å²) >= 11 is 0. The molecule has 0 saturated heterocycles. The number of phenols is 1. The van der Waals surface area contributed by atoms with Crippen molar-refractivity contribution in [3.05, 3.63) is 113 Å². The lowest BCUT2D eigenvalue weighted by Crippen LogP contribution is -2.11. The van der Waals surface area contributed by atoms with Crippen LogP contribution in [0.3, 0.4) is 0 Å². The summed E-state index contributed by atoms with van der Waals surface area (Å²) in [7, 11) is 0. The molecule has 0 aliphatic rings. The second-order valence-electron chi connectivity index (χ2n) is 8.50. The molecule has 5 aromatic rings. The van der Waals surface area contributed by atoms with E-state index in [1.807, 2.05) is 18.2 Å². The lowest BCUT2D eigenvalue weighted by Gasteiger charge is -2.11. The van der Waals surface area contributed by atoms with E-state index in [9.17, 15) is 9.90 Å². The van der Waals surface area contributed by atoms with E-state index in [4.69, 9.17) is 5.73 Å². The van der Waals surface area contributed by atoms with Crippen LogP contribution in [0.2, 0.25) is 0 Å². The molecule has 3 N–H and O–H groups in total. The minimum Gasteiger partial charge on any atom is -0.507 e. The van der Waals surface area contributed by atoms with Crippen molar-refractivity contribution in [3.8, 4) is 5.75 Å². The predicted molar refractivity (Wildman–Crippen MR) is 134 cm³/mol. The van der Waals surface area contributed by atoms with Crippen LogP contribution in [0.1, 0.15) is 39.5 Å². The molecule has 0 aliphatic carbocycles. The highest BCUT2D eigenvalue weighted by molar-refractivity contribution is 6.19. The SMILES string of the molecule is CCc1cc(O)c2c3c(C(N)=O)cccc3n(Cc3cccc(Cc4ccccc4)c3)c2c1. The molecule has 0 radical (unpaired) electrons. The Hall–Kier alpha value is -4.05. The lowest BCUT2D eigenvalue weighted by molar-refractivity contribution is 0.100. The molecule has 0 bridgehead atoms. The number of hydrogen-bond donors (Lipinski definition) is 2. The number of benzene rings is 4. The first-order valence-corrected chi connectivity index (χ1v) is 11.2. The van der Waals surface area contributed by atoms with Gasteiger partial charge in [0.1, 0.15) is 5.75 Å². The highest BCUT2D eigenvalue weighted by atomic mass is 16.3. The Morgan fingerprint density at radius 1 is 0.788 bits per heavy atom. The summed E-state index contributed by atoms with van der Waals surface area (Å²) in [5.41, 5.74) is 12.6. The van der Waals surface area contributed by atoms with Crippen LogP contribution >= 0.6 is 0 Å². The standard InChI is InChI=1S/C29H26N2O2/c1-2-19-16-25-28(26(32)17-19)27-23(29(30)33)12-7-13-24(27)31(25)18-22-11-6-10-21(15-22)14-20-8-4-3-5-9-20/h3-13,15-17,32H,2,14,18H2,1H3,(H2,30,33). The summed E-state index contributed by atoms with van der Waals surface area (Å²) in [5, 5.41) is 12.3. The van der Waals surface area contributed by atoms with Crippen molar-refractivity contribution in [2.75, 3.05) is 0 Å². The number of rotatable bonds is 6. The average Bonchev–Trinajstić information content (AvgIpc) is 3.13. The van der Waals surface area contributed by atoms with Crippen molar-refractivity contribution in [2.24, 2.45) is 5.73 Å². The topological polar surface area (TPSA) is 68.2 Å². The van der Waals surface area contributed by atoms with Crippen molar-refractivity contribution in [3.63, 3.8) is 0 Å². The Morgan fingerprint density at radius 3 is 2.27 bits per heavy atom. The van der Waals surface area contributed by atoms with Gasteiger partial charge in [-0.05, 0) is 59.4 Å². The number of amides is 1. The number of aryl methyl sites for hydroxylation is 1. The first-order valence-electron chi connectivity index (χ1n) is 11.2. The molecule has 0 spiro atoms. The van der Waals surface area contributed by atoms with E-state index in [0.29, 0.717) is 22.9 Å². The number of aromatic nitrogens is 1. The Morgan fingerprint density at radius 2 is 1.52 bits per heavy atom. The second-order valence-corrected chi connectivity index (χ2v) is 8.50. The maximum atomic E-state index is 12.2. The van der Waals surface area contributed by atoms with E-state index in [-0.39, 0.29) is 5.75 Å². The molecule has 4 nitrogen and oxygen atoms in total. The molecule has 1 amide bonds. The third-order valence-electron chi connectivity index (χ3n) is 6.29. The third kappa shape index (κ3) is 3.85. The van der Waals surface area contributed by atoms with Crippen molar-refractivity contribution >= 4 is 27.7 Å². The number of carbonyl (C=O) groups is 1. The molecule has 164 valence electrons. The summed E-state index contributed by atoms with van der Waals surface area (Å²) in [6.07, 6.45) is 1.68. The zero-order chi connectivity index (χ0) is 22.9. The van der Waals surface area contributed by atoms with Crippen LogP contribution in [-0.4, -0.2) is 15.6 Å². The maximum Gasteiger partial charge on any atom is 0.249 e. The van der Waals surface area contributed by atoms with Gasteiger partial charge < -0.3 is 15.4 Å². The number of nitrogens with two attached hydrogens (primary N) is 1. The molecule has 0 aliphatic heterocycles. The zero-order valence-electron chi connectivity index (χ0n) is 18.6. The van der Waals surface area contributed by atoms with E-state index < -0.39 is 5.91 Å². The fourth-order valence-corrected chi connectivity index (χ4v) is 4.73. The van der Waals surface area contributed by atoms with E-state index in [2.05, 4.69) is 66.1 Å². The fraction of sp³-hybridized carbons (Fsp3) is 0.138. The van der Waals surface area contributed by atoms with Gasteiger partial charge in [-0.25, -0.2) is 0 Å². The van der Waals surface area contributed by atoms with Gasteiger partial charge in [0.15, 0.2) is 0 Å². The summed E-state index contributed by atoms with van der Waals surface area (Å²) in [4.78, 5) is 12.2. The van der Waals surface area contributed by atoms with Gasteiger partial charge in [-0.3, -0.25) is 4.79 Å². The van der Waals surface area contributed by atoms with Crippen LogP contribution in [0.5, 0.6) is 5.75 Å². The molecule has 5 rings (SSSR count). The largest absolute Gasteiger partial charge is 0.507 e. The van der Waals surface area contributed by atoms with Crippen molar-refractivity contribution in [2.45, 2.75) is 26.3 Å². The van der Waals surface area contributed by atoms with E-state index in [1.165, 1.54) is 11.1 Å². The highest BCUT2D eigenvalue weighted by Gasteiger charge is 2.19. The fourth-order valence-electron chi connectivity index (χ4n) is 4.73. The van der Waals surface area contributed by atoms with Crippen molar-refractivity contribution in [1.82, 2.24) is 4.57 Å². The van der Waals surface area contributed by atoms with E-state index >= 15 is 0 Å². The Bertz CT molecular complexity index is 1480. The number of aromatic hydroxyl groups is 1. The number of fused-ring (bicyclic) bond motifs is 3. The number of phenolic OH excluding ortho intramolecular Hbond substituents is 1. The molecule has 4 aromatic carbocycles. The van der Waals surface area contributed by atoms with Gasteiger partial charge in [-0.1, -0.05) is 67.6 Å². The minimum atomic E-state index is -0.497. The molecule has 4 heteroatoms. The highest BCUT2D eigenvalue weighted by Crippen LogP contribution is 2.38. The summed E-state index contributed by atoms with van der Waals surface area (Å²) in [5.74, 6) is -0.317. The number of primary amides is 1. The zero-order valence-corrected chi connectivity index (χ0v) is 18.6. The molecule has 0 fully saturated rings. The van der Waals surface area contributed by atoms with Crippen molar-refractivity contribution in [1.29, 1.82) is 0 Å². The van der Waals surface area contributed by atoms with Crippen LogP contribution in [0.15, 0.2) is 84.9 Å². The quantitative estimate of drug-likeness (QED) is 0.355. The molecular weight excluding hydrogens is 408 g/mol. The van der Waals surface area contributed by atoms with E-state index in [1.54, 1.807) is 12.1 Å². The van der Waals surface area contributed by atoms with Gasteiger partial charge >= 0.3 is 0 Å². The summed E-state index contributed by atoms with van der Waals surface area (Å²) < 4.78 is 2.18.